The summed E-state index contributed by atoms with van der Waals surface area (Å²) in [5.41, 5.74) is -0.0858. The van der Waals surface area contributed by atoms with E-state index in [-0.39, 0.29) is 5.78 Å². The molecular weight excluding hydrogens is 266 g/mol. The number of hydrogen-bond acceptors (Lipinski definition) is 4. The number of aromatic nitrogens is 1. The third-order valence-electron chi connectivity index (χ3n) is 4.20. The minimum atomic E-state index is -0.673. The van der Waals surface area contributed by atoms with Crippen molar-refractivity contribution in [2.75, 3.05) is 13.2 Å². The van der Waals surface area contributed by atoms with Gasteiger partial charge in [-0.1, -0.05) is 6.92 Å². The molecule has 1 fully saturated rings. The van der Waals surface area contributed by atoms with Gasteiger partial charge in [-0.2, -0.15) is 0 Å². The Morgan fingerprint density at radius 1 is 1.29 bits per heavy atom. The van der Waals surface area contributed by atoms with Crippen LogP contribution in [-0.4, -0.2) is 29.6 Å². The highest BCUT2D eigenvalue weighted by Crippen LogP contribution is 2.37. The van der Waals surface area contributed by atoms with Crippen LogP contribution in [0.2, 0.25) is 0 Å². The average Bonchev–Trinajstić information content (AvgIpc) is 2.50. The summed E-state index contributed by atoms with van der Waals surface area (Å²) in [6.07, 6.45) is 6.90. The number of hydrogen-bond donors (Lipinski definition) is 0. The predicted molar refractivity (Wildman–Crippen MR) is 81.7 cm³/mol. The van der Waals surface area contributed by atoms with Gasteiger partial charge in [0.2, 0.25) is 0 Å². The molecule has 4 nitrogen and oxygen atoms in total. The zero-order valence-electron chi connectivity index (χ0n) is 13.2. The lowest BCUT2D eigenvalue weighted by molar-refractivity contribution is -0.0474. The minimum absolute atomic E-state index is 0.0466. The van der Waals surface area contributed by atoms with Crippen LogP contribution in [0.15, 0.2) is 18.5 Å². The Labute approximate surface area is 126 Å². The number of ketones is 1. The summed E-state index contributed by atoms with van der Waals surface area (Å²) in [4.78, 5) is 17.1. The fourth-order valence-corrected chi connectivity index (χ4v) is 2.99. The van der Waals surface area contributed by atoms with Gasteiger partial charge in [-0.15, -0.1) is 0 Å². The number of rotatable bonds is 6. The maximum Gasteiger partial charge on any atom is 0.196 e. The summed E-state index contributed by atoms with van der Waals surface area (Å²) in [7, 11) is 0. The molecule has 0 aliphatic heterocycles. The van der Waals surface area contributed by atoms with E-state index in [2.05, 4.69) is 11.9 Å². The van der Waals surface area contributed by atoms with Gasteiger partial charge in [-0.05, 0) is 51.5 Å². The summed E-state index contributed by atoms with van der Waals surface area (Å²) >= 11 is 0. The Hall–Kier alpha value is -1.42. The Kier molecular flexibility index (Phi) is 5.34. The first-order valence-electron chi connectivity index (χ1n) is 7.88. The molecule has 0 aromatic carbocycles. The lowest BCUT2D eigenvalue weighted by Crippen LogP contribution is -2.44. The molecule has 0 spiro atoms. The van der Waals surface area contributed by atoms with Crippen LogP contribution in [0.4, 0.5) is 0 Å². The molecule has 21 heavy (non-hydrogen) atoms. The van der Waals surface area contributed by atoms with Gasteiger partial charge in [-0.25, -0.2) is 0 Å². The predicted octanol–water partition coefficient (Wildman–Crippen LogP) is 3.65. The van der Waals surface area contributed by atoms with E-state index < -0.39 is 5.60 Å². The minimum Gasteiger partial charge on any atom is -0.492 e. The quantitative estimate of drug-likeness (QED) is 0.751. The van der Waals surface area contributed by atoms with Gasteiger partial charge < -0.3 is 9.47 Å². The lowest BCUT2D eigenvalue weighted by Gasteiger charge is -2.37. The Morgan fingerprint density at radius 3 is 2.62 bits per heavy atom. The van der Waals surface area contributed by atoms with Gasteiger partial charge in [0.1, 0.15) is 11.4 Å². The third kappa shape index (κ3) is 3.62. The summed E-state index contributed by atoms with van der Waals surface area (Å²) in [6, 6.07) is 1.78. The van der Waals surface area contributed by atoms with Crippen molar-refractivity contribution in [2.24, 2.45) is 5.92 Å². The number of ether oxygens (including phenoxy) is 2. The van der Waals surface area contributed by atoms with Gasteiger partial charge in [-0.3, -0.25) is 9.78 Å². The SMILES string of the molecule is CCOc1cncc(C(=O)C2(OCC)CCC(C)CC2)c1. The molecule has 0 saturated heterocycles. The van der Waals surface area contributed by atoms with Crippen molar-refractivity contribution < 1.29 is 14.3 Å². The first-order chi connectivity index (χ1) is 10.1. The van der Waals surface area contributed by atoms with E-state index in [4.69, 9.17) is 9.47 Å². The van der Waals surface area contributed by atoms with Gasteiger partial charge >= 0.3 is 0 Å². The van der Waals surface area contributed by atoms with Crippen LogP contribution in [0.1, 0.15) is 56.8 Å². The fraction of sp³-hybridized carbons (Fsp3) is 0.647. The standard InChI is InChI=1S/C17H25NO3/c1-4-20-15-10-14(11-18-12-15)16(19)17(21-5-2)8-6-13(3)7-9-17/h10-13H,4-9H2,1-3H3. The summed E-state index contributed by atoms with van der Waals surface area (Å²) in [6.45, 7) is 7.21. The second kappa shape index (κ2) is 7.03. The number of carbonyl (C=O) groups excluding carboxylic acids is 1. The smallest absolute Gasteiger partial charge is 0.196 e. The van der Waals surface area contributed by atoms with Crippen LogP contribution >= 0.6 is 0 Å². The maximum absolute atomic E-state index is 13.0. The molecule has 116 valence electrons. The van der Waals surface area contributed by atoms with Crippen molar-refractivity contribution in [3.8, 4) is 5.75 Å². The van der Waals surface area contributed by atoms with E-state index in [1.807, 2.05) is 13.8 Å². The molecule has 0 bridgehead atoms. The molecule has 1 aromatic rings. The summed E-state index contributed by atoms with van der Waals surface area (Å²) in [5.74, 6) is 1.35. The number of Topliss-reactive ketones (excluding diaryl/α,β-unsaturated/α-hetero) is 1. The van der Waals surface area contributed by atoms with Crippen molar-refractivity contribution in [1.82, 2.24) is 4.98 Å². The zero-order chi connectivity index (χ0) is 15.3. The van der Waals surface area contributed by atoms with Crippen LogP contribution in [0.25, 0.3) is 0 Å². The van der Waals surface area contributed by atoms with E-state index in [1.165, 1.54) is 0 Å². The van der Waals surface area contributed by atoms with Crippen molar-refractivity contribution >= 4 is 5.78 Å². The molecule has 2 rings (SSSR count). The van der Waals surface area contributed by atoms with Crippen LogP contribution < -0.4 is 4.74 Å². The molecule has 0 unspecified atom stereocenters. The molecule has 0 atom stereocenters. The molecule has 1 aliphatic carbocycles. The van der Waals surface area contributed by atoms with Crippen LogP contribution in [0, 0.1) is 5.92 Å². The topological polar surface area (TPSA) is 48.4 Å². The fourth-order valence-electron chi connectivity index (χ4n) is 2.99. The van der Waals surface area contributed by atoms with Crippen LogP contribution in [0.3, 0.4) is 0 Å². The van der Waals surface area contributed by atoms with E-state index in [0.717, 1.165) is 25.7 Å². The molecular formula is C17H25NO3. The van der Waals surface area contributed by atoms with Crippen molar-refractivity contribution in [3.63, 3.8) is 0 Å². The second-order valence-corrected chi connectivity index (χ2v) is 5.78. The summed E-state index contributed by atoms with van der Waals surface area (Å²) < 4.78 is 11.4. The van der Waals surface area contributed by atoms with Gasteiger partial charge in [0, 0.05) is 18.4 Å². The molecule has 1 aromatic heterocycles. The number of carbonyl (C=O) groups is 1. The molecule has 1 aliphatic rings. The van der Waals surface area contributed by atoms with Gasteiger partial charge in [0.15, 0.2) is 5.78 Å². The first kappa shape index (κ1) is 16.0. The van der Waals surface area contributed by atoms with Crippen molar-refractivity contribution in [3.05, 3.63) is 24.0 Å². The normalized spacial score (nSPS) is 25.6. The second-order valence-electron chi connectivity index (χ2n) is 5.78. The van der Waals surface area contributed by atoms with E-state index in [0.29, 0.717) is 30.4 Å². The first-order valence-corrected chi connectivity index (χ1v) is 7.88. The van der Waals surface area contributed by atoms with Gasteiger partial charge in [0.25, 0.3) is 0 Å². The molecule has 0 N–H and O–H groups in total. The summed E-state index contributed by atoms with van der Waals surface area (Å²) in [5, 5.41) is 0. The third-order valence-corrected chi connectivity index (χ3v) is 4.20. The highest BCUT2D eigenvalue weighted by Gasteiger charge is 2.42. The van der Waals surface area contributed by atoms with Crippen LogP contribution in [-0.2, 0) is 4.74 Å². The Morgan fingerprint density at radius 2 is 2.00 bits per heavy atom. The highest BCUT2D eigenvalue weighted by molar-refractivity contribution is 6.02. The molecule has 0 radical (unpaired) electrons. The molecule has 0 amide bonds. The number of pyridine rings is 1. The van der Waals surface area contributed by atoms with E-state index in [9.17, 15) is 4.79 Å². The largest absolute Gasteiger partial charge is 0.492 e. The Bertz CT molecular complexity index is 479. The van der Waals surface area contributed by atoms with Crippen LogP contribution in [0.5, 0.6) is 5.75 Å². The Balaban J connectivity index is 2.24. The van der Waals surface area contributed by atoms with Gasteiger partial charge in [0.05, 0.1) is 12.8 Å². The molecule has 4 heteroatoms. The maximum atomic E-state index is 13.0. The average molecular weight is 291 g/mol. The molecule has 1 saturated carbocycles. The van der Waals surface area contributed by atoms with Crippen molar-refractivity contribution in [1.29, 1.82) is 0 Å². The lowest BCUT2D eigenvalue weighted by atomic mass is 9.75. The number of nitrogens with zero attached hydrogens (tertiary/aromatic N) is 1. The van der Waals surface area contributed by atoms with E-state index >= 15 is 0 Å². The zero-order valence-corrected chi connectivity index (χ0v) is 13.2. The van der Waals surface area contributed by atoms with Crippen molar-refractivity contribution in [2.45, 2.75) is 52.1 Å². The molecule has 1 heterocycles. The monoisotopic (exact) mass is 291 g/mol. The van der Waals surface area contributed by atoms with E-state index in [1.54, 1.807) is 18.5 Å². The highest BCUT2D eigenvalue weighted by atomic mass is 16.5.